The summed E-state index contributed by atoms with van der Waals surface area (Å²) in [6.07, 6.45) is 0.294. The van der Waals surface area contributed by atoms with E-state index >= 15 is 0 Å². The predicted octanol–water partition coefficient (Wildman–Crippen LogP) is 1.69. The maximum atomic E-state index is 11.9. The Morgan fingerprint density at radius 1 is 1.29 bits per heavy atom. The highest BCUT2D eigenvalue weighted by molar-refractivity contribution is 5.87. The van der Waals surface area contributed by atoms with Crippen LogP contribution >= 0.6 is 0 Å². The van der Waals surface area contributed by atoms with Gasteiger partial charge in [-0.2, -0.15) is 0 Å². The molecule has 1 aromatic rings. The van der Waals surface area contributed by atoms with Crippen LogP contribution in [0.1, 0.15) is 43.4 Å². The van der Waals surface area contributed by atoms with Crippen molar-refractivity contribution >= 4 is 11.9 Å². The second kappa shape index (κ2) is 7.73. The Hall–Kier alpha value is -1.95. The lowest BCUT2D eigenvalue weighted by Gasteiger charge is -2.19. The number of nitrogens with one attached hydrogen (secondary N) is 1. The van der Waals surface area contributed by atoms with Crippen molar-refractivity contribution in [2.45, 2.75) is 39.3 Å². The fourth-order valence-corrected chi connectivity index (χ4v) is 1.53. The minimum atomic E-state index is -0.548. The summed E-state index contributed by atoms with van der Waals surface area (Å²) in [6.45, 7) is 6.38. The third-order valence-electron chi connectivity index (χ3n) is 2.45. The molecule has 0 aliphatic carbocycles. The van der Waals surface area contributed by atoms with Gasteiger partial charge < -0.3 is 14.8 Å². The number of ether oxygens (including phenoxy) is 2. The zero-order valence-electron chi connectivity index (χ0n) is 12.9. The molecule has 6 heteroatoms. The molecule has 0 bridgehead atoms. The number of carbonyl (C=O) groups excluding carboxylic acids is 2. The summed E-state index contributed by atoms with van der Waals surface area (Å²) >= 11 is 0. The second-order valence-electron chi connectivity index (χ2n) is 5.52. The van der Waals surface area contributed by atoms with Gasteiger partial charge in [-0.1, -0.05) is 6.07 Å². The van der Waals surface area contributed by atoms with Gasteiger partial charge in [0.15, 0.2) is 0 Å². The van der Waals surface area contributed by atoms with Crippen LogP contribution in [0.5, 0.6) is 0 Å². The van der Waals surface area contributed by atoms with Crippen molar-refractivity contribution in [3.8, 4) is 0 Å². The van der Waals surface area contributed by atoms with Crippen molar-refractivity contribution in [2.75, 3.05) is 13.7 Å². The van der Waals surface area contributed by atoms with E-state index in [0.29, 0.717) is 25.2 Å². The summed E-state index contributed by atoms with van der Waals surface area (Å²) in [5.41, 5.74) is 0.438. The van der Waals surface area contributed by atoms with Gasteiger partial charge in [-0.25, -0.2) is 9.78 Å². The molecule has 0 radical (unpaired) electrons. The van der Waals surface area contributed by atoms with Crippen molar-refractivity contribution in [1.29, 1.82) is 0 Å². The monoisotopic (exact) mass is 294 g/mol. The molecule has 1 N–H and O–H groups in total. The summed E-state index contributed by atoms with van der Waals surface area (Å²) in [5, 5.41) is 3.07. The Labute approximate surface area is 124 Å². The molecule has 0 atom stereocenters. The lowest BCUT2D eigenvalue weighted by molar-refractivity contribution is -0.140. The van der Waals surface area contributed by atoms with E-state index in [9.17, 15) is 9.59 Å². The van der Waals surface area contributed by atoms with Crippen LogP contribution in [0.15, 0.2) is 18.2 Å². The lowest BCUT2D eigenvalue weighted by Crippen LogP contribution is -2.25. The molecule has 0 saturated carbocycles. The van der Waals surface area contributed by atoms with Crippen LogP contribution in [-0.2, 0) is 20.8 Å². The number of aromatic nitrogens is 1. The largest absolute Gasteiger partial charge is 0.469 e. The maximum absolute atomic E-state index is 11.9. The summed E-state index contributed by atoms with van der Waals surface area (Å²) in [4.78, 5) is 27.1. The van der Waals surface area contributed by atoms with Gasteiger partial charge in [0.25, 0.3) is 0 Å². The van der Waals surface area contributed by atoms with Gasteiger partial charge in [0.1, 0.15) is 11.3 Å². The standard InChI is InChI=1S/C15H22N2O4/c1-15(2,3)21-14(19)12-7-5-6-11(17-12)10-16-9-8-13(18)20-4/h5-7,16H,8-10H2,1-4H3. The third-order valence-corrected chi connectivity index (χ3v) is 2.45. The van der Waals surface area contributed by atoms with Gasteiger partial charge in [0.05, 0.1) is 19.2 Å². The van der Waals surface area contributed by atoms with Crippen molar-refractivity contribution in [3.05, 3.63) is 29.6 Å². The zero-order valence-corrected chi connectivity index (χ0v) is 12.9. The van der Waals surface area contributed by atoms with E-state index in [4.69, 9.17) is 4.74 Å². The average molecular weight is 294 g/mol. The molecule has 21 heavy (non-hydrogen) atoms. The predicted molar refractivity (Wildman–Crippen MR) is 77.7 cm³/mol. The second-order valence-corrected chi connectivity index (χ2v) is 5.52. The molecule has 6 nitrogen and oxygen atoms in total. The van der Waals surface area contributed by atoms with Crippen LogP contribution in [-0.4, -0.2) is 36.2 Å². The number of hydrogen-bond acceptors (Lipinski definition) is 6. The minimum absolute atomic E-state index is 0.266. The number of methoxy groups -OCH3 is 1. The first-order chi connectivity index (χ1) is 9.81. The van der Waals surface area contributed by atoms with Gasteiger partial charge in [0, 0.05) is 13.1 Å². The molecule has 1 rings (SSSR count). The number of rotatable bonds is 6. The first kappa shape index (κ1) is 17.1. The Balaban J connectivity index is 2.52. The van der Waals surface area contributed by atoms with Crippen molar-refractivity contribution in [3.63, 3.8) is 0 Å². The van der Waals surface area contributed by atoms with Crippen molar-refractivity contribution < 1.29 is 19.1 Å². The quantitative estimate of drug-likeness (QED) is 0.635. The topological polar surface area (TPSA) is 77.5 Å². The lowest BCUT2D eigenvalue weighted by atomic mass is 10.2. The zero-order chi connectivity index (χ0) is 15.9. The number of carbonyl (C=O) groups is 2. The molecule has 1 heterocycles. The van der Waals surface area contributed by atoms with Crippen LogP contribution in [0.25, 0.3) is 0 Å². The molecule has 0 unspecified atom stereocenters. The minimum Gasteiger partial charge on any atom is -0.469 e. The van der Waals surface area contributed by atoms with Crippen LogP contribution in [0.4, 0.5) is 0 Å². The van der Waals surface area contributed by atoms with Crippen molar-refractivity contribution in [2.24, 2.45) is 0 Å². The molecular weight excluding hydrogens is 272 g/mol. The molecule has 116 valence electrons. The smallest absolute Gasteiger partial charge is 0.357 e. The molecule has 0 aromatic carbocycles. The Morgan fingerprint density at radius 2 is 2.00 bits per heavy atom. The fourth-order valence-electron chi connectivity index (χ4n) is 1.53. The summed E-state index contributed by atoms with van der Waals surface area (Å²) in [6, 6.07) is 5.18. The summed E-state index contributed by atoms with van der Waals surface area (Å²) in [5.74, 6) is -0.711. The normalized spacial score (nSPS) is 11.0. The van der Waals surface area contributed by atoms with Gasteiger partial charge in [0.2, 0.25) is 0 Å². The summed E-state index contributed by atoms with van der Waals surface area (Å²) in [7, 11) is 1.36. The molecule has 0 aliphatic heterocycles. The number of pyridine rings is 1. The van der Waals surface area contributed by atoms with Gasteiger partial charge in [-0.3, -0.25) is 4.79 Å². The molecule has 0 fully saturated rings. The van der Waals surface area contributed by atoms with E-state index in [2.05, 4.69) is 15.0 Å². The summed E-state index contributed by atoms with van der Waals surface area (Å²) < 4.78 is 9.81. The average Bonchev–Trinajstić information content (AvgIpc) is 2.41. The van der Waals surface area contributed by atoms with Crippen LogP contribution in [0, 0.1) is 0 Å². The Kier molecular flexibility index (Phi) is 6.30. The molecule has 0 aliphatic rings. The van der Waals surface area contributed by atoms with E-state index in [1.54, 1.807) is 18.2 Å². The van der Waals surface area contributed by atoms with Gasteiger partial charge in [-0.05, 0) is 32.9 Å². The SMILES string of the molecule is COC(=O)CCNCc1cccc(C(=O)OC(C)(C)C)n1. The molecule has 0 spiro atoms. The number of esters is 2. The number of hydrogen-bond donors (Lipinski definition) is 1. The van der Waals surface area contributed by atoms with Crippen LogP contribution in [0.3, 0.4) is 0 Å². The van der Waals surface area contributed by atoms with E-state index in [1.165, 1.54) is 7.11 Å². The van der Waals surface area contributed by atoms with Crippen molar-refractivity contribution in [1.82, 2.24) is 10.3 Å². The van der Waals surface area contributed by atoms with E-state index in [1.807, 2.05) is 20.8 Å². The molecule has 0 saturated heterocycles. The maximum Gasteiger partial charge on any atom is 0.357 e. The van der Waals surface area contributed by atoms with Crippen LogP contribution < -0.4 is 5.32 Å². The Bertz CT molecular complexity index is 495. The molecular formula is C15H22N2O4. The highest BCUT2D eigenvalue weighted by Gasteiger charge is 2.18. The first-order valence-electron chi connectivity index (χ1n) is 6.78. The van der Waals surface area contributed by atoms with Crippen LogP contribution in [0.2, 0.25) is 0 Å². The molecule has 0 amide bonds. The van der Waals surface area contributed by atoms with E-state index < -0.39 is 11.6 Å². The molecule has 1 aromatic heterocycles. The fraction of sp³-hybridized carbons (Fsp3) is 0.533. The highest BCUT2D eigenvalue weighted by Crippen LogP contribution is 2.11. The van der Waals surface area contributed by atoms with Gasteiger partial charge in [-0.15, -0.1) is 0 Å². The van der Waals surface area contributed by atoms with Gasteiger partial charge >= 0.3 is 11.9 Å². The number of nitrogens with zero attached hydrogens (tertiary/aromatic N) is 1. The Morgan fingerprint density at radius 3 is 2.62 bits per heavy atom. The highest BCUT2D eigenvalue weighted by atomic mass is 16.6. The first-order valence-corrected chi connectivity index (χ1v) is 6.78. The van der Waals surface area contributed by atoms with E-state index in [0.717, 1.165) is 0 Å². The van der Waals surface area contributed by atoms with E-state index in [-0.39, 0.29) is 11.7 Å². The third kappa shape index (κ3) is 6.85.